The molecule has 1 fully saturated rings. The minimum Gasteiger partial charge on any atom is -0.368 e. The Bertz CT molecular complexity index is 1190. The second-order valence-electron chi connectivity index (χ2n) is 7.50. The lowest BCUT2D eigenvalue weighted by Crippen LogP contribution is -2.51. The molecule has 0 spiro atoms. The van der Waals surface area contributed by atoms with Crippen LogP contribution in [0.2, 0.25) is 0 Å². The van der Waals surface area contributed by atoms with Gasteiger partial charge in [0.05, 0.1) is 6.54 Å². The Hall–Kier alpha value is -3.37. The van der Waals surface area contributed by atoms with Crippen molar-refractivity contribution >= 4 is 44.5 Å². The summed E-state index contributed by atoms with van der Waals surface area (Å²) in [5.74, 6) is -0.518. The molecular weight excluding hydrogens is 460 g/mol. The van der Waals surface area contributed by atoms with E-state index in [0.29, 0.717) is 24.3 Å². The number of carbonyl (C=O) groups excluding carboxylic acids is 2. The van der Waals surface area contributed by atoms with Gasteiger partial charge in [-0.15, -0.1) is 11.3 Å². The van der Waals surface area contributed by atoms with Gasteiger partial charge in [0.25, 0.3) is 15.9 Å². The molecule has 1 aliphatic rings. The summed E-state index contributed by atoms with van der Waals surface area (Å²) >= 11 is 1.12. The van der Waals surface area contributed by atoms with Gasteiger partial charge in [-0.2, -0.15) is 0 Å². The van der Waals surface area contributed by atoms with E-state index in [4.69, 9.17) is 0 Å². The van der Waals surface area contributed by atoms with Gasteiger partial charge in [0.1, 0.15) is 4.21 Å². The van der Waals surface area contributed by atoms with E-state index in [1.165, 1.54) is 30.3 Å². The van der Waals surface area contributed by atoms with E-state index in [0.717, 1.165) is 30.1 Å². The second-order valence-corrected chi connectivity index (χ2v) is 10.4. The van der Waals surface area contributed by atoms with Gasteiger partial charge in [-0.3, -0.25) is 14.3 Å². The highest BCUT2D eigenvalue weighted by atomic mass is 32.2. The fourth-order valence-corrected chi connectivity index (χ4v) is 5.59. The molecule has 0 radical (unpaired) electrons. The fourth-order valence-electron chi connectivity index (χ4n) is 3.53. The maximum atomic E-state index is 12.5. The summed E-state index contributed by atoms with van der Waals surface area (Å²) in [6, 6.07) is 19.3. The van der Waals surface area contributed by atoms with Gasteiger partial charge in [-0.1, -0.05) is 24.3 Å². The number of carbonyl (C=O) groups is 2. The molecule has 10 heteroatoms. The number of nitrogens with zero attached hydrogens (tertiary/aromatic N) is 2. The summed E-state index contributed by atoms with van der Waals surface area (Å²) in [7, 11) is -3.64. The summed E-state index contributed by atoms with van der Waals surface area (Å²) in [5, 5.41) is 4.34. The van der Waals surface area contributed by atoms with Crippen molar-refractivity contribution in [2.75, 3.05) is 42.3 Å². The largest absolute Gasteiger partial charge is 0.368 e. The maximum Gasteiger partial charge on any atom is 0.271 e. The summed E-state index contributed by atoms with van der Waals surface area (Å²) in [5.41, 5.74) is 1.84. The molecule has 1 aromatic heterocycles. The zero-order valence-electron chi connectivity index (χ0n) is 17.8. The molecule has 0 atom stereocenters. The molecule has 33 heavy (non-hydrogen) atoms. The molecule has 4 rings (SSSR count). The first kappa shape index (κ1) is 22.8. The van der Waals surface area contributed by atoms with E-state index in [9.17, 15) is 18.0 Å². The predicted octanol–water partition coefficient (Wildman–Crippen LogP) is 2.63. The van der Waals surface area contributed by atoms with Gasteiger partial charge in [0.2, 0.25) is 5.91 Å². The molecular formula is C23H24N4O4S2. The monoisotopic (exact) mass is 484 g/mol. The molecule has 172 valence electrons. The molecule has 0 aliphatic carbocycles. The highest BCUT2D eigenvalue weighted by Crippen LogP contribution is 2.20. The lowest BCUT2D eigenvalue weighted by atomic mass is 10.2. The van der Waals surface area contributed by atoms with Crippen LogP contribution in [0.1, 0.15) is 10.4 Å². The minimum absolute atomic E-state index is 0.0864. The number of nitrogens with one attached hydrogen (secondary N) is 2. The van der Waals surface area contributed by atoms with Crippen LogP contribution in [0.15, 0.2) is 76.3 Å². The highest BCUT2D eigenvalue weighted by molar-refractivity contribution is 7.94. The van der Waals surface area contributed by atoms with Crippen LogP contribution in [-0.2, 0) is 14.8 Å². The van der Waals surface area contributed by atoms with Crippen LogP contribution in [0.3, 0.4) is 0 Å². The van der Waals surface area contributed by atoms with Crippen molar-refractivity contribution in [1.29, 1.82) is 0 Å². The fraction of sp³-hybridized carbons (Fsp3) is 0.217. The summed E-state index contributed by atoms with van der Waals surface area (Å²) in [6.45, 7) is 2.60. The van der Waals surface area contributed by atoms with Crippen molar-refractivity contribution in [2.45, 2.75) is 4.21 Å². The zero-order valence-corrected chi connectivity index (χ0v) is 19.4. The number of anilines is 2. The third kappa shape index (κ3) is 5.71. The van der Waals surface area contributed by atoms with Crippen LogP contribution in [0.4, 0.5) is 11.4 Å². The Balaban J connectivity index is 1.25. The number of benzene rings is 2. The third-order valence-corrected chi connectivity index (χ3v) is 8.09. The average Bonchev–Trinajstić information content (AvgIpc) is 3.40. The summed E-state index contributed by atoms with van der Waals surface area (Å²) in [4.78, 5) is 28.9. The lowest BCUT2D eigenvalue weighted by Gasteiger charge is -2.36. The van der Waals surface area contributed by atoms with Gasteiger partial charge in [-0.25, -0.2) is 8.42 Å². The Kier molecular flexibility index (Phi) is 6.95. The first-order chi connectivity index (χ1) is 15.9. The van der Waals surface area contributed by atoms with Gasteiger partial charge in [-0.05, 0) is 47.8 Å². The molecule has 2 amide bonds. The normalized spacial score (nSPS) is 14.1. The molecule has 1 aliphatic heterocycles. The molecule has 0 bridgehead atoms. The maximum absolute atomic E-state index is 12.5. The second kappa shape index (κ2) is 10.1. The van der Waals surface area contributed by atoms with Crippen molar-refractivity contribution in [3.05, 3.63) is 77.7 Å². The van der Waals surface area contributed by atoms with Crippen LogP contribution >= 0.6 is 11.3 Å². The Morgan fingerprint density at radius 2 is 1.58 bits per heavy atom. The Labute approximate surface area is 196 Å². The van der Waals surface area contributed by atoms with E-state index in [-0.39, 0.29) is 22.6 Å². The first-order valence-corrected chi connectivity index (χ1v) is 12.8. The van der Waals surface area contributed by atoms with Crippen molar-refractivity contribution in [3.8, 4) is 0 Å². The molecule has 2 aromatic carbocycles. The Morgan fingerprint density at radius 3 is 2.21 bits per heavy atom. The molecule has 0 saturated carbocycles. The number of amides is 2. The molecule has 3 aromatic rings. The first-order valence-electron chi connectivity index (χ1n) is 10.4. The SMILES string of the molecule is O=C(NCC(=O)N1CCN(c2ccccc2)CC1)c1ccc(NS(=O)(=O)c2cccs2)cc1. The van der Waals surface area contributed by atoms with Gasteiger partial charge in [0.15, 0.2) is 0 Å². The Morgan fingerprint density at radius 1 is 0.879 bits per heavy atom. The van der Waals surface area contributed by atoms with Gasteiger partial charge < -0.3 is 15.1 Å². The van der Waals surface area contributed by atoms with Crippen molar-refractivity contribution < 1.29 is 18.0 Å². The number of sulfonamides is 1. The van der Waals surface area contributed by atoms with Crippen LogP contribution in [0.25, 0.3) is 0 Å². The van der Waals surface area contributed by atoms with Crippen LogP contribution in [0, 0.1) is 0 Å². The quantitative estimate of drug-likeness (QED) is 0.537. The highest BCUT2D eigenvalue weighted by Gasteiger charge is 2.22. The number of thiophene rings is 1. The van der Waals surface area contributed by atoms with E-state index in [2.05, 4.69) is 27.1 Å². The molecule has 8 nitrogen and oxygen atoms in total. The molecule has 0 unspecified atom stereocenters. The van der Waals surface area contributed by atoms with Crippen LogP contribution < -0.4 is 14.9 Å². The number of rotatable bonds is 7. The van der Waals surface area contributed by atoms with Crippen molar-refractivity contribution in [2.24, 2.45) is 0 Å². The van der Waals surface area contributed by atoms with E-state index < -0.39 is 10.0 Å². The lowest BCUT2D eigenvalue weighted by molar-refractivity contribution is -0.130. The van der Waals surface area contributed by atoms with Crippen LogP contribution in [0.5, 0.6) is 0 Å². The van der Waals surface area contributed by atoms with Gasteiger partial charge in [0, 0.05) is 43.1 Å². The third-order valence-electron chi connectivity index (χ3n) is 5.31. The van der Waals surface area contributed by atoms with Crippen molar-refractivity contribution in [3.63, 3.8) is 0 Å². The van der Waals surface area contributed by atoms with Crippen LogP contribution in [-0.4, -0.2) is 57.9 Å². The summed E-state index contributed by atoms with van der Waals surface area (Å²) in [6.07, 6.45) is 0. The van der Waals surface area contributed by atoms with Gasteiger partial charge >= 0.3 is 0 Å². The zero-order chi connectivity index (χ0) is 23.3. The average molecular weight is 485 g/mol. The number of hydrogen-bond acceptors (Lipinski definition) is 6. The number of para-hydroxylation sites is 1. The topological polar surface area (TPSA) is 98.8 Å². The smallest absolute Gasteiger partial charge is 0.271 e. The number of piperazine rings is 1. The van der Waals surface area contributed by atoms with Crippen molar-refractivity contribution in [1.82, 2.24) is 10.2 Å². The molecule has 2 N–H and O–H groups in total. The molecule has 2 heterocycles. The predicted molar refractivity (Wildman–Crippen MR) is 129 cm³/mol. The van der Waals surface area contributed by atoms with E-state index in [1.807, 2.05) is 18.2 Å². The van der Waals surface area contributed by atoms with E-state index >= 15 is 0 Å². The van der Waals surface area contributed by atoms with E-state index in [1.54, 1.807) is 16.3 Å². The number of hydrogen-bond donors (Lipinski definition) is 2. The molecule has 1 saturated heterocycles. The standard InChI is InChI=1S/C23H24N4O4S2/c28-21(27-14-12-26(13-15-27)20-5-2-1-3-6-20)17-24-23(29)18-8-10-19(11-9-18)25-33(30,31)22-7-4-16-32-22/h1-11,16,25H,12-15,17H2,(H,24,29). The summed E-state index contributed by atoms with van der Waals surface area (Å²) < 4.78 is 27.3. The minimum atomic E-state index is -3.64.